The summed E-state index contributed by atoms with van der Waals surface area (Å²) in [6.45, 7) is 0. The quantitative estimate of drug-likeness (QED) is 0.779. The summed E-state index contributed by atoms with van der Waals surface area (Å²) in [7, 11) is 0. The van der Waals surface area contributed by atoms with Gasteiger partial charge in [-0.1, -0.05) is 0 Å². The zero-order valence-corrected chi connectivity index (χ0v) is 9.05. The van der Waals surface area contributed by atoms with E-state index in [0.717, 1.165) is 0 Å². The van der Waals surface area contributed by atoms with Gasteiger partial charge in [-0.05, 0) is 28.1 Å². The second kappa shape index (κ2) is 4.11. The Labute approximate surface area is 93.8 Å². The molecule has 0 saturated heterocycles. The van der Waals surface area contributed by atoms with Gasteiger partial charge in [0.15, 0.2) is 10.4 Å². The molecule has 2 rings (SSSR count). The van der Waals surface area contributed by atoms with Gasteiger partial charge in [0.2, 0.25) is 0 Å². The number of allylic oxidation sites excluding steroid dienone is 1. The first kappa shape index (κ1) is 9.68. The van der Waals surface area contributed by atoms with Crippen molar-refractivity contribution in [3.8, 4) is 6.07 Å². The average molecular weight is 265 g/mol. The van der Waals surface area contributed by atoms with Crippen LogP contribution < -0.4 is 0 Å². The summed E-state index contributed by atoms with van der Waals surface area (Å²) in [6, 6.07) is 5.43. The molecule has 0 unspecified atom stereocenters. The van der Waals surface area contributed by atoms with Crippen molar-refractivity contribution in [2.24, 2.45) is 0 Å². The van der Waals surface area contributed by atoms with E-state index < -0.39 is 0 Å². The van der Waals surface area contributed by atoms with Crippen LogP contribution in [-0.2, 0) is 0 Å². The van der Waals surface area contributed by atoms with Crippen molar-refractivity contribution in [1.82, 2.24) is 14.8 Å². The van der Waals surface area contributed by atoms with Crippen LogP contribution in [0.3, 0.4) is 0 Å². The monoisotopic (exact) mass is 264 g/mol. The lowest BCUT2D eigenvalue weighted by molar-refractivity contribution is 0.522. The molecule has 0 fully saturated rings. The van der Waals surface area contributed by atoms with Crippen LogP contribution >= 0.6 is 15.9 Å². The highest BCUT2D eigenvalue weighted by atomic mass is 79.9. The largest absolute Gasteiger partial charge is 0.448 e. The van der Waals surface area contributed by atoms with Crippen molar-refractivity contribution in [2.45, 2.75) is 0 Å². The molecule has 74 valence electrons. The summed E-state index contributed by atoms with van der Waals surface area (Å²) in [5.41, 5.74) is 0.542. The van der Waals surface area contributed by atoms with Crippen LogP contribution in [0.2, 0.25) is 0 Å². The molecule has 0 N–H and O–H groups in total. The minimum Gasteiger partial charge on any atom is -0.448 e. The smallest absolute Gasteiger partial charge is 0.169 e. The van der Waals surface area contributed by atoms with Crippen LogP contribution in [0.15, 0.2) is 40.0 Å². The zero-order valence-electron chi connectivity index (χ0n) is 7.46. The number of hydrogen-bond donors (Lipinski definition) is 0. The first-order valence-electron chi connectivity index (χ1n) is 4.02. The van der Waals surface area contributed by atoms with Crippen molar-refractivity contribution >= 4 is 21.6 Å². The van der Waals surface area contributed by atoms with Crippen LogP contribution in [0.25, 0.3) is 5.70 Å². The van der Waals surface area contributed by atoms with E-state index >= 15 is 0 Å². The second-order valence-corrected chi connectivity index (χ2v) is 3.38. The Morgan fingerprint density at radius 2 is 2.47 bits per heavy atom. The minimum absolute atomic E-state index is 0.542. The third kappa shape index (κ3) is 1.97. The lowest BCUT2D eigenvalue weighted by atomic mass is 10.3. The van der Waals surface area contributed by atoms with Crippen molar-refractivity contribution in [1.29, 1.82) is 5.26 Å². The Balaban J connectivity index is 2.47. The van der Waals surface area contributed by atoms with E-state index in [2.05, 4.69) is 26.0 Å². The first-order valence-corrected chi connectivity index (χ1v) is 4.81. The molecule has 0 aliphatic heterocycles. The first-order chi connectivity index (χ1) is 7.31. The molecular formula is C9H5BrN4O. The molecule has 2 aromatic heterocycles. The molecule has 0 radical (unpaired) electrons. The molecule has 0 amide bonds. The molecule has 15 heavy (non-hydrogen) atoms. The zero-order chi connectivity index (χ0) is 10.7. The Hall–Kier alpha value is -1.87. The molecule has 0 spiro atoms. The summed E-state index contributed by atoms with van der Waals surface area (Å²) in [4.78, 5) is 3.81. The number of rotatable bonds is 2. The maximum Gasteiger partial charge on any atom is 0.169 e. The second-order valence-electron chi connectivity index (χ2n) is 2.60. The molecule has 5 nitrogen and oxygen atoms in total. The molecule has 0 aliphatic rings. The highest BCUT2D eigenvalue weighted by Crippen LogP contribution is 2.21. The molecule has 0 atom stereocenters. The maximum atomic E-state index is 8.66. The summed E-state index contributed by atoms with van der Waals surface area (Å²) < 4.78 is 7.40. The van der Waals surface area contributed by atoms with Gasteiger partial charge in [-0.25, -0.2) is 9.67 Å². The molecule has 0 bridgehead atoms. The summed E-state index contributed by atoms with van der Waals surface area (Å²) in [6.07, 6.45) is 4.24. The summed E-state index contributed by atoms with van der Waals surface area (Å²) >= 11 is 3.19. The normalized spacial score (nSPS) is 11.3. The van der Waals surface area contributed by atoms with E-state index in [4.69, 9.17) is 9.68 Å². The van der Waals surface area contributed by atoms with Crippen LogP contribution in [-0.4, -0.2) is 14.8 Å². The van der Waals surface area contributed by atoms with Gasteiger partial charge < -0.3 is 4.42 Å². The Morgan fingerprint density at radius 1 is 1.60 bits per heavy atom. The Morgan fingerprint density at radius 3 is 3.00 bits per heavy atom. The number of furan rings is 1. The van der Waals surface area contributed by atoms with E-state index in [-0.39, 0.29) is 0 Å². The number of hydrogen-bond acceptors (Lipinski definition) is 4. The lowest BCUT2D eigenvalue weighted by Crippen LogP contribution is -1.97. The van der Waals surface area contributed by atoms with Gasteiger partial charge in [0.05, 0.1) is 6.07 Å². The molecule has 0 saturated carbocycles. The van der Waals surface area contributed by atoms with Crippen molar-refractivity contribution in [2.75, 3.05) is 0 Å². The lowest BCUT2D eigenvalue weighted by Gasteiger charge is -2.00. The van der Waals surface area contributed by atoms with Gasteiger partial charge in [-0.15, -0.1) is 0 Å². The van der Waals surface area contributed by atoms with Crippen LogP contribution in [0.4, 0.5) is 0 Å². The van der Waals surface area contributed by atoms with Gasteiger partial charge in [-0.3, -0.25) is 0 Å². The molecular weight excluding hydrogens is 260 g/mol. The van der Waals surface area contributed by atoms with Crippen LogP contribution in [0.5, 0.6) is 0 Å². The fourth-order valence-electron chi connectivity index (χ4n) is 1.10. The molecule has 6 heteroatoms. The summed E-state index contributed by atoms with van der Waals surface area (Å²) in [5, 5.41) is 12.6. The highest BCUT2D eigenvalue weighted by molar-refractivity contribution is 9.10. The van der Waals surface area contributed by atoms with E-state index in [1.165, 1.54) is 23.4 Å². The van der Waals surface area contributed by atoms with Crippen molar-refractivity contribution in [3.05, 3.63) is 41.3 Å². The minimum atomic E-state index is 0.542. The van der Waals surface area contributed by atoms with Gasteiger partial charge in [-0.2, -0.15) is 10.4 Å². The average Bonchev–Trinajstić information content (AvgIpc) is 2.85. The third-order valence-corrected chi connectivity index (χ3v) is 2.12. The number of nitrogens with zero attached hydrogens (tertiary/aromatic N) is 4. The van der Waals surface area contributed by atoms with Crippen molar-refractivity contribution < 1.29 is 4.42 Å². The predicted molar refractivity (Wildman–Crippen MR) is 55.4 cm³/mol. The van der Waals surface area contributed by atoms with Crippen LogP contribution in [0.1, 0.15) is 5.76 Å². The van der Waals surface area contributed by atoms with E-state index in [1.54, 1.807) is 12.1 Å². The molecule has 2 heterocycles. The predicted octanol–water partition coefficient (Wildman–Crippen LogP) is 2.05. The fraction of sp³-hybridized carbons (Fsp3) is 0. The number of aromatic nitrogens is 3. The fourth-order valence-corrected chi connectivity index (χ4v) is 1.40. The molecule has 0 aromatic carbocycles. The third-order valence-electron chi connectivity index (χ3n) is 1.69. The van der Waals surface area contributed by atoms with E-state index in [1.807, 2.05) is 6.07 Å². The standard InChI is InChI=1S/C9H5BrN4O/c10-9-2-1-8(15-9)7(3-4-11)14-6-12-5-13-14/h1-3,5-6H/b7-3+. The highest BCUT2D eigenvalue weighted by Gasteiger charge is 2.09. The van der Waals surface area contributed by atoms with Gasteiger partial charge in [0.25, 0.3) is 0 Å². The Kier molecular flexibility index (Phi) is 2.65. The summed E-state index contributed by atoms with van der Waals surface area (Å²) in [5.74, 6) is 0.550. The maximum absolute atomic E-state index is 8.66. The molecule has 2 aromatic rings. The topological polar surface area (TPSA) is 67.6 Å². The SMILES string of the molecule is N#C/C=C(\c1ccc(Br)o1)n1cncn1. The number of nitriles is 1. The van der Waals surface area contributed by atoms with Gasteiger partial charge in [0, 0.05) is 6.08 Å². The van der Waals surface area contributed by atoms with E-state index in [0.29, 0.717) is 16.1 Å². The molecule has 0 aliphatic carbocycles. The van der Waals surface area contributed by atoms with Gasteiger partial charge in [0.1, 0.15) is 18.4 Å². The van der Waals surface area contributed by atoms with Crippen molar-refractivity contribution in [3.63, 3.8) is 0 Å². The van der Waals surface area contributed by atoms with E-state index in [9.17, 15) is 0 Å². The Bertz CT molecular complexity index is 521. The van der Waals surface area contributed by atoms with Gasteiger partial charge >= 0.3 is 0 Å². The number of halogens is 1. The van der Waals surface area contributed by atoms with Crippen LogP contribution in [0, 0.1) is 11.3 Å².